The summed E-state index contributed by atoms with van der Waals surface area (Å²) in [6.07, 6.45) is 6.15. The zero-order chi connectivity index (χ0) is 13.9. The van der Waals surface area contributed by atoms with Crippen molar-refractivity contribution >= 4 is 11.8 Å². The third-order valence-electron chi connectivity index (χ3n) is 3.83. The van der Waals surface area contributed by atoms with Crippen molar-refractivity contribution in [3.8, 4) is 0 Å². The second-order valence-electron chi connectivity index (χ2n) is 5.28. The lowest BCUT2D eigenvalue weighted by Crippen LogP contribution is -2.31. The fraction of sp³-hybridized carbons (Fsp3) is 0.467. The number of hydrogen-bond acceptors (Lipinski definition) is 4. The van der Waals surface area contributed by atoms with Crippen LogP contribution in [0.5, 0.6) is 0 Å². The van der Waals surface area contributed by atoms with E-state index >= 15 is 0 Å². The van der Waals surface area contributed by atoms with Crippen LogP contribution in [0.4, 0.5) is 5.69 Å². The van der Waals surface area contributed by atoms with E-state index in [2.05, 4.69) is 4.90 Å². The van der Waals surface area contributed by atoms with E-state index in [4.69, 9.17) is 4.74 Å². The third kappa shape index (κ3) is 2.82. The molecule has 1 aliphatic heterocycles. The molecule has 1 aromatic rings. The second kappa shape index (κ2) is 5.63. The average molecular weight is 274 g/mol. The molecule has 0 N–H and O–H groups in total. The summed E-state index contributed by atoms with van der Waals surface area (Å²) in [5.41, 5.74) is 2.09. The molecule has 1 aromatic carbocycles. The largest absolute Gasteiger partial charge is 0.378 e. The van der Waals surface area contributed by atoms with Gasteiger partial charge in [0, 0.05) is 25.4 Å². The lowest BCUT2D eigenvalue weighted by Gasteiger charge is -2.25. The van der Waals surface area contributed by atoms with Crippen molar-refractivity contribution in [1.29, 1.82) is 0 Å². The maximum Gasteiger partial charge on any atom is 0.276 e. The molecule has 0 spiro atoms. The van der Waals surface area contributed by atoms with Crippen molar-refractivity contribution in [1.82, 2.24) is 4.90 Å². The number of ether oxygens (including phenoxy) is 1. The predicted octanol–water partition coefficient (Wildman–Crippen LogP) is 2.78. The van der Waals surface area contributed by atoms with Crippen molar-refractivity contribution < 1.29 is 9.66 Å². The summed E-state index contributed by atoms with van der Waals surface area (Å²) in [6, 6.07) is 5.40. The van der Waals surface area contributed by atoms with Gasteiger partial charge in [-0.15, -0.1) is 0 Å². The number of hydrogen-bond donors (Lipinski definition) is 0. The number of benzene rings is 1. The van der Waals surface area contributed by atoms with Gasteiger partial charge in [0.25, 0.3) is 5.69 Å². The summed E-state index contributed by atoms with van der Waals surface area (Å²) >= 11 is 0. The average Bonchev–Trinajstić information content (AvgIpc) is 3.30. The molecule has 1 saturated heterocycles. The van der Waals surface area contributed by atoms with Gasteiger partial charge in [-0.25, -0.2) is 0 Å². The van der Waals surface area contributed by atoms with Crippen molar-refractivity contribution in [2.45, 2.75) is 18.8 Å². The lowest BCUT2D eigenvalue weighted by atomic mass is 10.0. The molecule has 0 radical (unpaired) electrons. The Morgan fingerprint density at radius 3 is 2.70 bits per heavy atom. The molecule has 0 unspecified atom stereocenters. The number of rotatable bonds is 4. The van der Waals surface area contributed by atoms with E-state index in [0.29, 0.717) is 5.92 Å². The van der Waals surface area contributed by atoms with Crippen LogP contribution in [-0.2, 0) is 4.74 Å². The van der Waals surface area contributed by atoms with Crippen LogP contribution in [0.15, 0.2) is 24.4 Å². The Labute approximate surface area is 118 Å². The van der Waals surface area contributed by atoms with Gasteiger partial charge in [-0.3, -0.25) is 10.1 Å². The molecule has 0 bridgehead atoms. The summed E-state index contributed by atoms with van der Waals surface area (Å²) in [4.78, 5) is 13.1. The fourth-order valence-electron chi connectivity index (χ4n) is 2.57. The molecule has 5 nitrogen and oxygen atoms in total. The van der Waals surface area contributed by atoms with Gasteiger partial charge < -0.3 is 9.64 Å². The van der Waals surface area contributed by atoms with Gasteiger partial charge in [0.15, 0.2) is 0 Å². The summed E-state index contributed by atoms with van der Waals surface area (Å²) < 4.78 is 5.30. The molecule has 20 heavy (non-hydrogen) atoms. The van der Waals surface area contributed by atoms with Crippen LogP contribution in [0.2, 0.25) is 0 Å². The molecule has 1 aliphatic carbocycles. The van der Waals surface area contributed by atoms with Crippen LogP contribution in [0.1, 0.15) is 29.9 Å². The Kier molecular flexibility index (Phi) is 3.69. The summed E-state index contributed by atoms with van der Waals surface area (Å²) in [7, 11) is 0. The summed E-state index contributed by atoms with van der Waals surface area (Å²) in [5.74, 6) is 0.499. The molecule has 106 valence electrons. The topological polar surface area (TPSA) is 55.6 Å². The van der Waals surface area contributed by atoms with E-state index in [-0.39, 0.29) is 10.6 Å². The van der Waals surface area contributed by atoms with Crippen LogP contribution >= 0.6 is 0 Å². The Morgan fingerprint density at radius 1 is 1.30 bits per heavy atom. The highest BCUT2D eigenvalue weighted by atomic mass is 16.6. The highest BCUT2D eigenvalue weighted by Gasteiger charge is 2.28. The normalized spacial score (nSPS) is 19.5. The van der Waals surface area contributed by atoms with E-state index in [0.717, 1.165) is 50.3 Å². The molecule has 2 fully saturated rings. The van der Waals surface area contributed by atoms with Crippen molar-refractivity contribution in [3.63, 3.8) is 0 Å². The van der Waals surface area contributed by atoms with Gasteiger partial charge in [-0.2, -0.15) is 0 Å². The molecule has 0 atom stereocenters. The van der Waals surface area contributed by atoms with Crippen LogP contribution in [0.3, 0.4) is 0 Å². The van der Waals surface area contributed by atoms with Gasteiger partial charge in [0.2, 0.25) is 0 Å². The van der Waals surface area contributed by atoms with E-state index in [1.807, 2.05) is 18.3 Å². The van der Waals surface area contributed by atoms with Crippen molar-refractivity contribution in [2.24, 2.45) is 0 Å². The molecular weight excluding hydrogens is 256 g/mol. The number of morpholine rings is 1. The first-order valence-corrected chi connectivity index (χ1v) is 7.03. The quantitative estimate of drug-likeness (QED) is 0.626. The first-order chi connectivity index (χ1) is 9.75. The summed E-state index contributed by atoms with van der Waals surface area (Å²) in [5, 5.41) is 11.2. The Hall–Kier alpha value is -1.88. The van der Waals surface area contributed by atoms with Gasteiger partial charge >= 0.3 is 0 Å². The first-order valence-electron chi connectivity index (χ1n) is 7.03. The molecule has 2 aliphatic rings. The minimum Gasteiger partial charge on any atom is -0.378 e. The minimum absolute atomic E-state index is 0.207. The smallest absolute Gasteiger partial charge is 0.276 e. The maximum atomic E-state index is 11.2. The van der Waals surface area contributed by atoms with Gasteiger partial charge in [0.1, 0.15) is 0 Å². The van der Waals surface area contributed by atoms with E-state index in [9.17, 15) is 10.1 Å². The van der Waals surface area contributed by atoms with Crippen LogP contribution < -0.4 is 0 Å². The standard InChI is InChI=1S/C15H18N2O3/c18-17(19)15-3-1-2-13(12-4-5-12)14(15)6-7-16-8-10-20-11-9-16/h1-3,6-7,12H,4-5,8-11H2. The second-order valence-corrected chi connectivity index (χ2v) is 5.28. The SMILES string of the molecule is O=[N+]([O-])c1cccc(C2CC2)c1C=CN1CCOCC1. The van der Waals surface area contributed by atoms with Crippen LogP contribution in [-0.4, -0.2) is 36.1 Å². The Bertz CT molecular complexity index is 532. The molecular formula is C15H18N2O3. The van der Waals surface area contributed by atoms with Crippen molar-refractivity contribution in [2.75, 3.05) is 26.3 Å². The highest BCUT2D eigenvalue weighted by molar-refractivity contribution is 5.65. The first kappa shape index (κ1) is 13.1. The van der Waals surface area contributed by atoms with Gasteiger partial charge in [-0.05, 0) is 30.4 Å². The van der Waals surface area contributed by atoms with Crippen LogP contribution in [0.25, 0.3) is 6.08 Å². The third-order valence-corrected chi connectivity index (χ3v) is 3.83. The Morgan fingerprint density at radius 2 is 2.05 bits per heavy atom. The number of nitrogens with zero attached hydrogens (tertiary/aromatic N) is 2. The monoisotopic (exact) mass is 274 g/mol. The van der Waals surface area contributed by atoms with Gasteiger partial charge in [0.05, 0.1) is 23.7 Å². The molecule has 5 heteroatoms. The predicted molar refractivity (Wildman–Crippen MR) is 76.5 cm³/mol. The molecule has 1 heterocycles. The van der Waals surface area contributed by atoms with E-state index in [1.54, 1.807) is 12.1 Å². The van der Waals surface area contributed by atoms with Crippen molar-refractivity contribution in [3.05, 3.63) is 45.6 Å². The highest BCUT2D eigenvalue weighted by Crippen LogP contribution is 2.44. The Balaban J connectivity index is 1.89. The molecule has 3 rings (SSSR count). The van der Waals surface area contributed by atoms with Crippen LogP contribution in [0, 0.1) is 10.1 Å². The fourth-order valence-corrected chi connectivity index (χ4v) is 2.57. The molecule has 1 saturated carbocycles. The summed E-state index contributed by atoms with van der Waals surface area (Å²) in [6.45, 7) is 3.12. The minimum atomic E-state index is -0.287. The number of nitro benzene ring substituents is 1. The zero-order valence-electron chi connectivity index (χ0n) is 11.3. The van der Waals surface area contributed by atoms with E-state index in [1.165, 1.54) is 0 Å². The van der Waals surface area contributed by atoms with E-state index < -0.39 is 0 Å². The van der Waals surface area contributed by atoms with Gasteiger partial charge in [-0.1, -0.05) is 12.1 Å². The molecule has 0 amide bonds. The maximum absolute atomic E-state index is 11.2. The zero-order valence-corrected chi connectivity index (χ0v) is 11.3. The molecule has 0 aromatic heterocycles. The lowest BCUT2D eigenvalue weighted by molar-refractivity contribution is -0.385. The number of nitro groups is 1.